The lowest BCUT2D eigenvalue weighted by molar-refractivity contribution is 0.0473. The van der Waals surface area contributed by atoms with Crippen molar-refractivity contribution in [3.05, 3.63) is 95.1 Å². The molecule has 0 radical (unpaired) electrons. The van der Waals surface area contributed by atoms with Crippen LogP contribution in [0.3, 0.4) is 0 Å². The lowest BCUT2D eigenvalue weighted by Crippen LogP contribution is -2.07. The first kappa shape index (κ1) is 14.4. The van der Waals surface area contributed by atoms with Crippen LogP contribution in [0, 0.1) is 0 Å². The predicted octanol–water partition coefficient (Wildman–Crippen LogP) is 4.26. The topological polar surface area (TPSA) is 43.4 Å². The lowest BCUT2D eigenvalue weighted by atomic mass is 9.99. The summed E-state index contributed by atoms with van der Waals surface area (Å²) in [6.45, 7) is 0.207. The van der Waals surface area contributed by atoms with E-state index < -0.39 is 5.97 Å². The van der Waals surface area contributed by atoms with Gasteiger partial charge in [0.25, 0.3) is 0 Å². The van der Waals surface area contributed by atoms with Crippen LogP contribution in [0.5, 0.6) is 0 Å². The molecule has 1 aliphatic rings. The van der Waals surface area contributed by atoms with Gasteiger partial charge in [0, 0.05) is 16.7 Å². The van der Waals surface area contributed by atoms with Crippen molar-refractivity contribution >= 4 is 11.8 Å². The second-order valence-corrected chi connectivity index (χ2v) is 5.66. The van der Waals surface area contributed by atoms with Gasteiger partial charge >= 0.3 is 5.97 Å². The fourth-order valence-electron chi connectivity index (χ4n) is 3.05. The molecule has 0 amide bonds. The molecule has 1 aliphatic carbocycles. The summed E-state index contributed by atoms with van der Waals surface area (Å²) in [5.74, 6) is -0.460. The summed E-state index contributed by atoms with van der Waals surface area (Å²) in [5.41, 5.74) is 4.03. The van der Waals surface area contributed by atoms with Gasteiger partial charge in [-0.1, -0.05) is 66.7 Å². The van der Waals surface area contributed by atoms with Crippen molar-refractivity contribution in [1.29, 1.82) is 0 Å². The molecule has 0 aromatic heterocycles. The smallest absolute Gasteiger partial charge is 0.339 e. The fraction of sp³-hybridized carbons (Fsp3) is 0.0476. The molecule has 0 heterocycles. The average Bonchev–Trinajstić information content (AvgIpc) is 2.94. The second kappa shape index (κ2) is 5.78. The number of hydrogen-bond donors (Lipinski definition) is 0. The lowest BCUT2D eigenvalue weighted by Gasteiger charge is -2.09. The number of carbonyl (C=O) groups excluding carboxylic acids is 2. The number of carbonyl (C=O) groups is 2. The molecule has 0 saturated carbocycles. The van der Waals surface area contributed by atoms with Crippen LogP contribution >= 0.6 is 0 Å². The Bertz CT molecular complexity index is 942. The highest BCUT2D eigenvalue weighted by molar-refractivity contribution is 6.24. The molecular weight excluding hydrogens is 300 g/mol. The highest BCUT2D eigenvalue weighted by Gasteiger charge is 2.30. The molecule has 3 aromatic carbocycles. The van der Waals surface area contributed by atoms with E-state index in [2.05, 4.69) is 0 Å². The molecule has 0 spiro atoms. The zero-order valence-electron chi connectivity index (χ0n) is 12.9. The summed E-state index contributed by atoms with van der Waals surface area (Å²) in [6.07, 6.45) is 0. The van der Waals surface area contributed by atoms with Crippen LogP contribution in [0.25, 0.3) is 11.1 Å². The number of hydrogen-bond acceptors (Lipinski definition) is 3. The maximum atomic E-state index is 12.6. The van der Waals surface area contributed by atoms with Crippen LogP contribution < -0.4 is 0 Å². The first-order valence-corrected chi connectivity index (χ1v) is 7.74. The minimum Gasteiger partial charge on any atom is -0.457 e. The summed E-state index contributed by atoms with van der Waals surface area (Å²) in [4.78, 5) is 25.1. The molecule has 0 aliphatic heterocycles. The number of benzene rings is 3. The minimum atomic E-state index is -0.416. The van der Waals surface area contributed by atoms with Crippen molar-refractivity contribution < 1.29 is 14.3 Å². The van der Waals surface area contributed by atoms with Crippen molar-refractivity contribution in [3.8, 4) is 11.1 Å². The first-order chi connectivity index (χ1) is 11.8. The largest absolute Gasteiger partial charge is 0.457 e. The standard InChI is InChI=1S/C21H14O3/c22-20-16-10-5-4-9-15(16)19-17(20)11-6-12-18(19)21(23)24-13-14-7-2-1-3-8-14/h1-12H,13H2. The number of ether oxygens (including phenoxy) is 1. The summed E-state index contributed by atoms with van der Waals surface area (Å²) in [5, 5.41) is 0. The van der Waals surface area contributed by atoms with Crippen LogP contribution in [0.1, 0.15) is 31.8 Å². The van der Waals surface area contributed by atoms with E-state index in [1.165, 1.54) is 0 Å². The predicted molar refractivity (Wildman–Crippen MR) is 90.9 cm³/mol. The SMILES string of the molecule is O=C(OCc1ccccc1)c1cccc2c1-c1ccccc1C2=O. The Morgan fingerprint density at radius 1 is 0.750 bits per heavy atom. The van der Waals surface area contributed by atoms with Gasteiger partial charge in [-0.15, -0.1) is 0 Å². The van der Waals surface area contributed by atoms with Crippen molar-refractivity contribution in [1.82, 2.24) is 0 Å². The first-order valence-electron chi connectivity index (χ1n) is 7.74. The zero-order valence-corrected chi connectivity index (χ0v) is 12.9. The molecule has 0 fully saturated rings. The Morgan fingerprint density at radius 3 is 2.21 bits per heavy atom. The fourth-order valence-corrected chi connectivity index (χ4v) is 3.05. The molecule has 0 bridgehead atoms. The molecule has 116 valence electrons. The number of ketones is 1. The van der Waals surface area contributed by atoms with Gasteiger partial charge in [0.15, 0.2) is 5.78 Å². The second-order valence-electron chi connectivity index (χ2n) is 5.66. The van der Waals surface area contributed by atoms with Gasteiger partial charge in [-0.3, -0.25) is 4.79 Å². The van der Waals surface area contributed by atoms with Gasteiger partial charge in [0.2, 0.25) is 0 Å². The van der Waals surface area contributed by atoms with Crippen LogP contribution in [0.15, 0.2) is 72.8 Å². The number of rotatable bonds is 3. The highest BCUT2D eigenvalue weighted by Crippen LogP contribution is 2.39. The van der Waals surface area contributed by atoms with Crippen molar-refractivity contribution in [2.75, 3.05) is 0 Å². The molecule has 0 unspecified atom stereocenters. The summed E-state index contributed by atoms with van der Waals surface area (Å²) in [6, 6.07) is 22.1. The van der Waals surface area contributed by atoms with Crippen molar-refractivity contribution in [2.45, 2.75) is 6.61 Å². The van der Waals surface area contributed by atoms with E-state index in [4.69, 9.17) is 4.74 Å². The highest BCUT2D eigenvalue weighted by atomic mass is 16.5. The van der Waals surface area contributed by atoms with Crippen molar-refractivity contribution in [3.63, 3.8) is 0 Å². The molecular formula is C21H14O3. The van der Waals surface area contributed by atoms with E-state index in [1.54, 1.807) is 24.3 Å². The van der Waals surface area contributed by atoms with Gasteiger partial charge in [-0.25, -0.2) is 4.79 Å². The minimum absolute atomic E-state index is 0.0432. The molecule has 3 nitrogen and oxygen atoms in total. The Labute approximate surface area is 139 Å². The van der Waals surface area contributed by atoms with Gasteiger partial charge < -0.3 is 4.74 Å². The normalized spacial score (nSPS) is 11.8. The Kier molecular flexibility index (Phi) is 3.47. The number of esters is 1. The molecule has 4 rings (SSSR count). The Hall–Kier alpha value is -3.20. The molecule has 0 saturated heterocycles. The maximum absolute atomic E-state index is 12.6. The summed E-state index contributed by atoms with van der Waals surface area (Å²) in [7, 11) is 0. The van der Waals surface area contributed by atoms with E-state index in [0.29, 0.717) is 22.3 Å². The van der Waals surface area contributed by atoms with Crippen LogP contribution in [-0.2, 0) is 11.3 Å². The Balaban J connectivity index is 1.69. The quantitative estimate of drug-likeness (QED) is 0.531. The van der Waals surface area contributed by atoms with E-state index in [1.807, 2.05) is 48.5 Å². The van der Waals surface area contributed by atoms with Gasteiger partial charge in [-0.2, -0.15) is 0 Å². The monoisotopic (exact) mass is 314 g/mol. The third-order valence-corrected chi connectivity index (χ3v) is 4.18. The van der Waals surface area contributed by atoms with Gasteiger partial charge in [-0.05, 0) is 17.2 Å². The number of fused-ring (bicyclic) bond motifs is 3. The van der Waals surface area contributed by atoms with Crippen LogP contribution in [0.4, 0.5) is 0 Å². The third kappa shape index (κ3) is 2.31. The van der Waals surface area contributed by atoms with Gasteiger partial charge in [0.1, 0.15) is 6.61 Å². The molecule has 3 heteroatoms. The van der Waals surface area contributed by atoms with Gasteiger partial charge in [0.05, 0.1) is 5.56 Å². The van der Waals surface area contributed by atoms with E-state index in [0.717, 1.165) is 11.1 Å². The van der Waals surface area contributed by atoms with Crippen LogP contribution in [-0.4, -0.2) is 11.8 Å². The maximum Gasteiger partial charge on any atom is 0.339 e. The zero-order chi connectivity index (χ0) is 16.5. The Morgan fingerprint density at radius 2 is 1.42 bits per heavy atom. The average molecular weight is 314 g/mol. The molecule has 24 heavy (non-hydrogen) atoms. The third-order valence-electron chi connectivity index (χ3n) is 4.18. The molecule has 3 aromatic rings. The van der Waals surface area contributed by atoms with Crippen LogP contribution in [0.2, 0.25) is 0 Å². The molecule has 0 atom stereocenters. The van der Waals surface area contributed by atoms with E-state index in [9.17, 15) is 9.59 Å². The van der Waals surface area contributed by atoms with Crippen molar-refractivity contribution in [2.24, 2.45) is 0 Å². The van der Waals surface area contributed by atoms with E-state index in [-0.39, 0.29) is 12.4 Å². The summed E-state index contributed by atoms with van der Waals surface area (Å²) < 4.78 is 5.44. The summed E-state index contributed by atoms with van der Waals surface area (Å²) >= 11 is 0. The van der Waals surface area contributed by atoms with E-state index >= 15 is 0 Å². The molecule has 0 N–H and O–H groups in total.